The third kappa shape index (κ3) is 3.25. The lowest BCUT2D eigenvalue weighted by Crippen LogP contribution is -2.25. The standard InChI is InChI=1S/C15H18BrN7O/c1-10-14(16)11(2)23(19-10)9-22-7-5-13(20-22)15(24)17-8-12-4-6-18-21(12)3/h4-7H,8-9H2,1-3H3,(H,17,24). The van der Waals surface area contributed by atoms with E-state index >= 15 is 0 Å². The number of nitrogens with zero attached hydrogens (tertiary/aromatic N) is 6. The van der Waals surface area contributed by atoms with Crippen molar-refractivity contribution in [3.63, 3.8) is 0 Å². The van der Waals surface area contributed by atoms with Crippen LogP contribution in [0.5, 0.6) is 0 Å². The summed E-state index contributed by atoms with van der Waals surface area (Å²) in [6.07, 6.45) is 3.46. The summed E-state index contributed by atoms with van der Waals surface area (Å²) >= 11 is 3.50. The van der Waals surface area contributed by atoms with Crippen LogP contribution in [0.25, 0.3) is 0 Å². The maximum atomic E-state index is 12.2. The molecule has 0 saturated heterocycles. The van der Waals surface area contributed by atoms with Crippen molar-refractivity contribution in [1.82, 2.24) is 34.7 Å². The van der Waals surface area contributed by atoms with Crippen molar-refractivity contribution in [2.24, 2.45) is 7.05 Å². The second-order valence-corrected chi connectivity index (χ2v) is 6.29. The molecule has 3 rings (SSSR count). The highest BCUT2D eigenvalue weighted by Crippen LogP contribution is 2.19. The van der Waals surface area contributed by atoms with Gasteiger partial charge in [0.25, 0.3) is 5.91 Å². The summed E-state index contributed by atoms with van der Waals surface area (Å²) < 4.78 is 6.23. The molecule has 9 heteroatoms. The Balaban J connectivity index is 1.65. The molecular weight excluding hydrogens is 374 g/mol. The lowest BCUT2D eigenvalue weighted by atomic mass is 10.3. The zero-order chi connectivity index (χ0) is 17.3. The van der Waals surface area contributed by atoms with Gasteiger partial charge in [0.1, 0.15) is 12.4 Å². The van der Waals surface area contributed by atoms with E-state index in [0.717, 1.165) is 21.6 Å². The number of hydrogen-bond acceptors (Lipinski definition) is 4. The molecule has 1 N–H and O–H groups in total. The highest BCUT2D eigenvalue weighted by atomic mass is 79.9. The number of amides is 1. The third-order valence-electron chi connectivity index (χ3n) is 3.80. The molecule has 3 aromatic rings. The molecule has 0 bridgehead atoms. The van der Waals surface area contributed by atoms with Crippen LogP contribution in [0.4, 0.5) is 0 Å². The molecule has 0 aliphatic carbocycles. The van der Waals surface area contributed by atoms with Crippen LogP contribution >= 0.6 is 15.9 Å². The Kier molecular flexibility index (Phi) is 4.52. The summed E-state index contributed by atoms with van der Waals surface area (Å²) in [7, 11) is 1.84. The summed E-state index contributed by atoms with van der Waals surface area (Å²) in [6.45, 7) is 4.78. The Bertz CT molecular complexity index is 876. The molecule has 0 fully saturated rings. The number of hydrogen-bond donors (Lipinski definition) is 1. The van der Waals surface area contributed by atoms with E-state index in [1.807, 2.05) is 31.6 Å². The van der Waals surface area contributed by atoms with Crippen molar-refractivity contribution in [1.29, 1.82) is 0 Å². The van der Waals surface area contributed by atoms with Crippen molar-refractivity contribution in [3.05, 3.63) is 51.8 Å². The Hall–Kier alpha value is -2.42. The second kappa shape index (κ2) is 6.60. The largest absolute Gasteiger partial charge is 0.345 e. The first-order valence-electron chi connectivity index (χ1n) is 7.43. The number of halogens is 1. The van der Waals surface area contributed by atoms with Crippen molar-refractivity contribution in [2.45, 2.75) is 27.1 Å². The fourth-order valence-corrected chi connectivity index (χ4v) is 2.63. The molecule has 8 nitrogen and oxygen atoms in total. The van der Waals surface area contributed by atoms with Gasteiger partial charge in [0.05, 0.1) is 28.1 Å². The van der Waals surface area contributed by atoms with Crippen LogP contribution in [0.2, 0.25) is 0 Å². The predicted molar refractivity (Wildman–Crippen MR) is 91.4 cm³/mol. The van der Waals surface area contributed by atoms with Gasteiger partial charge in [-0.15, -0.1) is 0 Å². The molecule has 1 amide bonds. The molecule has 0 spiro atoms. The van der Waals surface area contributed by atoms with Gasteiger partial charge in [-0.05, 0) is 41.9 Å². The number of aromatic nitrogens is 6. The van der Waals surface area contributed by atoms with Crippen molar-refractivity contribution >= 4 is 21.8 Å². The van der Waals surface area contributed by atoms with E-state index in [1.54, 1.807) is 27.8 Å². The number of carbonyl (C=O) groups is 1. The first-order chi connectivity index (χ1) is 11.5. The molecule has 0 atom stereocenters. The minimum atomic E-state index is -0.218. The average molecular weight is 392 g/mol. The van der Waals surface area contributed by atoms with E-state index in [9.17, 15) is 4.79 Å². The van der Waals surface area contributed by atoms with Gasteiger partial charge < -0.3 is 5.32 Å². The van der Waals surface area contributed by atoms with Crippen LogP contribution in [-0.4, -0.2) is 35.2 Å². The maximum Gasteiger partial charge on any atom is 0.272 e. The molecule has 126 valence electrons. The normalized spacial score (nSPS) is 11.0. The second-order valence-electron chi connectivity index (χ2n) is 5.50. The Labute approximate surface area is 147 Å². The number of nitrogens with one attached hydrogen (secondary N) is 1. The molecule has 0 aromatic carbocycles. The van der Waals surface area contributed by atoms with Crippen molar-refractivity contribution in [3.8, 4) is 0 Å². The van der Waals surface area contributed by atoms with Crippen LogP contribution in [0.3, 0.4) is 0 Å². The van der Waals surface area contributed by atoms with Gasteiger partial charge in [-0.2, -0.15) is 15.3 Å². The van der Waals surface area contributed by atoms with Crippen molar-refractivity contribution < 1.29 is 4.79 Å². The first-order valence-corrected chi connectivity index (χ1v) is 8.23. The summed E-state index contributed by atoms with van der Waals surface area (Å²) in [6, 6.07) is 3.55. The van der Waals surface area contributed by atoms with Crippen LogP contribution in [0.1, 0.15) is 27.6 Å². The smallest absolute Gasteiger partial charge is 0.272 e. The predicted octanol–water partition coefficient (Wildman–Crippen LogP) is 1.63. The SMILES string of the molecule is Cc1nn(Cn2ccc(C(=O)NCc3ccnn3C)n2)c(C)c1Br. The van der Waals surface area contributed by atoms with Gasteiger partial charge >= 0.3 is 0 Å². The van der Waals surface area contributed by atoms with E-state index in [4.69, 9.17) is 0 Å². The average Bonchev–Trinajstić information content (AvgIpc) is 3.24. The Morgan fingerprint density at radius 3 is 2.71 bits per heavy atom. The number of rotatable bonds is 5. The molecule has 3 heterocycles. The Morgan fingerprint density at radius 1 is 1.29 bits per heavy atom. The lowest BCUT2D eigenvalue weighted by molar-refractivity contribution is 0.0944. The van der Waals surface area contributed by atoms with E-state index in [0.29, 0.717) is 18.9 Å². The first kappa shape index (κ1) is 16.4. The van der Waals surface area contributed by atoms with E-state index < -0.39 is 0 Å². The highest BCUT2D eigenvalue weighted by Gasteiger charge is 2.12. The minimum absolute atomic E-state index is 0.218. The molecule has 0 aliphatic rings. The summed E-state index contributed by atoms with van der Waals surface area (Å²) in [5, 5.41) is 15.7. The van der Waals surface area contributed by atoms with Crippen LogP contribution < -0.4 is 5.32 Å². The van der Waals surface area contributed by atoms with Crippen LogP contribution in [-0.2, 0) is 20.3 Å². The van der Waals surface area contributed by atoms with E-state index in [2.05, 4.69) is 36.5 Å². The molecule has 0 saturated carbocycles. The minimum Gasteiger partial charge on any atom is -0.345 e. The lowest BCUT2D eigenvalue weighted by Gasteiger charge is -2.05. The van der Waals surface area contributed by atoms with E-state index in [1.165, 1.54) is 0 Å². The van der Waals surface area contributed by atoms with Gasteiger partial charge in [-0.1, -0.05) is 0 Å². The molecule has 24 heavy (non-hydrogen) atoms. The topological polar surface area (TPSA) is 82.6 Å². The molecule has 0 radical (unpaired) electrons. The van der Waals surface area contributed by atoms with Crippen LogP contribution in [0, 0.1) is 13.8 Å². The number of aryl methyl sites for hydroxylation is 2. The summed E-state index contributed by atoms with van der Waals surface area (Å²) in [5.41, 5.74) is 3.24. The van der Waals surface area contributed by atoms with Gasteiger partial charge in [-0.25, -0.2) is 4.68 Å². The fraction of sp³-hybridized carbons (Fsp3) is 0.333. The monoisotopic (exact) mass is 391 g/mol. The van der Waals surface area contributed by atoms with Gasteiger partial charge in [0, 0.05) is 19.4 Å². The quantitative estimate of drug-likeness (QED) is 0.716. The number of carbonyl (C=O) groups excluding carboxylic acids is 1. The van der Waals surface area contributed by atoms with Crippen LogP contribution in [0.15, 0.2) is 29.0 Å². The van der Waals surface area contributed by atoms with Gasteiger partial charge in [0.15, 0.2) is 0 Å². The molecule has 0 aliphatic heterocycles. The highest BCUT2D eigenvalue weighted by molar-refractivity contribution is 9.10. The zero-order valence-electron chi connectivity index (χ0n) is 13.7. The molecular formula is C15H18BrN7O. The van der Waals surface area contributed by atoms with Crippen molar-refractivity contribution in [2.75, 3.05) is 0 Å². The molecule has 3 aromatic heterocycles. The Morgan fingerprint density at radius 2 is 2.08 bits per heavy atom. The summed E-state index contributed by atoms with van der Waals surface area (Å²) in [5.74, 6) is -0.218. The maximum absolute atomic E-state index is 12.2. The van der Waals surface area contributed by atoms with Gasteiger partial charge in [-0.3, -0.25) is 14.2 Å². The fourth-order valence-electron chi connectivity index (χ4n) is 2.35. The van der Waals surface area contributed by atoms with Gasteiger partial charge in [0.2, 0.25) is 0 Å². The third-order valence-corrected chi connectivity index (χ3v) is 4.95. The molecule has 0 unspecified atom stereocenters. The summed E-state index contributed by atoms with van der Waals surface area (Å²) in [4.78, 5) is 12.2. The zero-order valence-corrected chi connectivity index (χ0v) is 15.3. The van der Waals surface area contributed by atoms with E-state index in [-0.39, 0.29) is 5.91 Å².